The first-order valence-corrected chi connectivity index (χ1v) is 6.09. The van der Waals surface area contributed by atoms with E-state index in [0.717, 1.165) is 31.5 Å². The number of nitrogens with one attached hydrogen (secondary N) is 1. The standard InChI is InChI=1S/C10H17N3OS/c1-3-9(10-7-15-13-12-10)5-4-6-11-8(2)14/h7,9H,3-6H2,1-2H3,(H,11,14). The molecule has 1 atom stereocenters. The maximum atomic E-state index is 10.7. The van der Waals surface area contributed by atoms with Gasteiger partial charge in [0, 0.05) is 24.8 Å². The summed E-state index contributed by atoms with van der Waals surface area (Å²) in [6.07, 6.45) is 3.13. The van der Waals surface area contributed by atoms with E-state index in [-0.39, 0.29) is 5.91 Å². The number of hydrogen-bond donors (Lipinski definition) is 1. The maximum absolute atomic E-state index is 10.7. The second-order valence-corrected chi connectivity index (χ2v) is 4.17. The van der Waals surface area contributed by atoms with Crippen molar-refractivity contribution in [2.75, 3.05) is 6.54 Å². The Kier molecular flexibility index (Phi) is 5.25. The summed E-state index contributed by atoms with van der Waals surface area (Å²) in [4.78, 5) is 10.7. The number of rotatable bonds is 6. The van der Waals surface area contributed by atoms with E-state index in [0.29, 0.717) is 5.92 Å². The molecule has 4 nitrogen and oxygen atoms in total. The molecular formula is C10H17N3OS. The lowest BCUT2D eigenvalue weighted by Gasteiger charge is -2.11. The first kappa shape index (κ1) is 12.1. The van der Waals surface area contributed by atoms with Gasteiger partial charge < -0.3 is 5.32 Å². The minimum absolute atomic E-state index is 0.0402. The van der Waals surface area contributed by atoms with Gasteiger partial charge in [-0.3, -0.25) is 4.79 Å². The van der Waals surface area contributed by atoms with Crippen LogP contribution in [-0.4, -0.2) is 22.0 Å². The summed E-state index contributed by atoms with van der Waals surface area (Å²) in [5.74, 6) is 0.524. The van der Waals surface area contributed by atoms with E-state index in [1.165, 1.54) is 11.5 Å². The molecule has 1 unspecified atom stereocenters. The van der Waals surface area contributed by atoms with Crippen LogP contribution in [0.15, 0.2) is 5.38 Å². The van der Waals surface area contributed by atoms with Crippen LogP contribution in [0.1, 0.15) is 44.7 Å². The molecule has 1 heterocycles. The van der Waals surface area contributed by atoms with Gasteiger partial charge >= 0.3 is 0 Å². The van der Waals surface area contributed by atoms with Crippen LogP contribution in [0.3, 0.4) is 0 Å². The molecule has 1 aromatic heterocycles. The van der Waals surface area contributed by atoms with Crippen molar-refractivity contribution in [2.45, 2.75) is 39.0 Å². The quantitative estimate of drug-likeness (QED) is 0.756. The summed E-state index contributed by atoms with van der Waals surface area (Å²) in [5.41, 5.74) is 1.09. The smallest absolute Gasteiger partial charge is 0.216 e. The largest absolute Gasteiger partial charge is 0.356 e. The van der Waals surface area contributed by atoms with Gasteiger partial charge in [-0.15, -0.1) is 5.10 Å². The number of nitrogens with zero attached hydrogens (tertiary/aromatic N) is 2. The van der Waals surface area contributed by atoms with Crippen LogP contribution in [-0.2, 0) is 4.79 Å². The number of hydrogen-bond acceptors (Lipinski definition) is 4. The minimum Gasteiger partial charge on any atom is -0.356 e. The van der Waals surface area contributed by atoms with Crippen molar-refractivity contribution in [1.29, 1.82) is 0 Å². The lowest BCUT2D eigenvalue weighted by atomic mass is 9.97. The molecule has 0 aromatic carbocycles. The molecule has 5 heteroatoms. The van der Waals surface area contributed by atoms with Crippen LogP contribution in [0, 0.1) is 0 Å². The zero-order valence-electron chi connectivity index (χ0n) is 9.19. The van der Waals surface area contributed by atoms with Crippen LogP contribution in [0.5, 0.6) is 0 Å². The van der Waals surface area contributed by atoms with E-state index in [2.05, 4.69) is 21.8 Å². The van der Waals surface area contributed by atoms with Crippen molar-refractivity contribution in [3.8, 4) is 0 Å². The SMILES string of the molecule is CCC(CCCNC(C)=O)c1csnn1. The van der Waals surface area contributed by atoms with Crippen LogP contribution in [0.2, 0.25) is 0 Å². The highest BCUT2D eigenvalue weighted by Crippen LogP contribution is 2.22. The Labute approximate surface area is 94.3 Å². The Morgan fingerprint density at radius 2 is 2.47 bits per heavy atom. The van der Waals surface area contributed by atoms with E-state index in [1.807, 2.05) is 5.38 Å². The highest BCUT2D eigenvalue weighted by Gasteiger charge is 2.11. The molecule has 0 radical (unpaired) electrons. The summed E-state index contributed by atoms with van der Waals surface area (Å²) >= 11 is 1.40. The third-order valence-electron chi connectivity index (χ3n) is 2.39. The summed E-state index contributed by atoms with van der Waals surface area (Å²) in [6, 6.07) is 0. The van der Waals surface area contributed by atoms with Gasteiger partial charge in [0.2, 0.25) is 5.91 Å². The van der Waals surface area contributed by atoms with Crippen molar-refractivity contribution in [1.82, 2.24) is 14.9 Å². The van der Waals surface area contributed by atoms with Gasteiger partial charge in [0.1, 0.15) is 0 Å². The zero-order chi connectivity index (χ0) is 11.1. The Bertz CT molecular complexity index is 287. The highest BCUT2D eigenvalue weighted by molar-refractivity contribution is 7.03. The van der Waals surface area contributed by atoms with Gasteiger partial charge in [-0.2, -0.15) is 0 Å². The molecule has 0 aliphatic rings. The molecule has 1 N–H and O–H groups in total. The molecule has 0 fully saturated rings. The fourth-order valence-electron chi connectivity index (χ4n) is 1.52. The third kappa shape index (κ3) is 4.38. The number of carbonyl (C=O) groups is 1. The van der Waals surface area contributed by atoms with Gasteiger partial charge in [-0.05, 0) is 30.8 Å². The lowest BCUT2D eigenvalue weighted by molar-refractivity contribution is -0.118. The molecule has 0 spiro atoms. The Hall–Kier alpha value is -0.970. The Balaban J connectivity index is 2.26. The average molecular weight is 227 g/mol. The number of carbonyl (C=O) groups excluding carboxylic acids is 1. The van der Waals surface area contributed by atoms with Gasteiger partial charge in [0.15, 0.2) is 0 Å². The molecule has 0 aliphatic carbocycles. The molecule has 1 amide bonds. The maximum Gasteiger partial charge on any atom is 0.216 e. The third-order valence-corrected chi connectivity index (χ3v) is 2.91. The van der Waals surface area contributed by atoms with Crippen LogP contribution < -0.4 is 5.32 Å². The molecule has 0 bridgehead atoms. The molecule has 0 saturated heterocycles. The number of aromatic nitrogens is 2. The minimum atomic E-state index is 0.0402. The molecule has 0 saturated carbocycles. The van der Waals surface area contributed by atoms with Gasteiger partial charge in [-0.1, -0.05) is 11.4 Å². The van der Waals surface area contributed by atoms with Crippen molar-refractivity contribution >= 4 is 17.4 Å². The van der Waals surface area contributed by atoms with Crippen molar-refractivity contribution in [3.05, 3.63) is 11.1 Å². The fourth-order valence-corrected chi connectivity index (χ4v) is 2.06. The van der Waals surface area contributed by atoms with E-state index in [4.69, 9.17) is 0 Å². The Morgan fingerprint density at radius 3 is 3.00 bits per heavy atom. The summed E-state index contributed by atoms with van der Waals surface area (Å²) < 4.78 is 3.87. The summed E-state index contributed by atoms with van der Waals surface area (Å²) in [7, 11) is 0. The van der Waals surface area contributed by atoms with Crippen molar-refractivity contribution in [2.24, 2.45) is 0 Å². The molecule has 0 aliphatic heterocycles. The van der Waals surface area contributed by atoms with Crippen LogP contribution >= 0.6 is 11.5 Å². The van der Waals surface area contributed by atoms with E-state index >= 15 is 0 Å². The topological polar surface area (TPSA) is 54.9 Å². The summed E-state index contributed by atoms with van der Waals surface area (Å²) in [5, 5.41) is 8.89. The predicted molar refractivity (Wildman–Crippen MR) is 60.9 cm³/mol. The monoisotopic (exact) mass is 227 g/mol. The second kappa shape index (κ2) is 6.50. The second-order valence-electron chi connectivity index (χ2n) is 3.56. The van der Waals surface area contributed by atoms with Crippen molar-refractivity contribution in [3.63, 3.8) is 0 Å². The van der Waals surface area contributed by atoms with Gasteiger partial charge in [0.05, 0.1) is 5.69 Å². The van der Waals surface area contributed by atoms with Gasteiger partial charge in [-0.25, -0.2) is 0 Å². The molecular weight excluding hydrogens is 210 g/mol. The normalized spacial score (nSPS) is 12.4. The number of amides is 1. The fraction of sp³-hybridized carbons (Fsp3) is 0.700. The van der Waals surface area contributed by atoms with Crippen LogP contribution in [0.4, 0.5) is 0 Å². The lowest BCUT2D eigenvalue weighted by Crippen LogP contribution is -2.21. The van der Waals surface area contributed by atoms with E-state index in [1.54, 1.807) is 6.92 Å². The molecule has 15 heavy (non-hydrogen) atoms. The van der Waals surface area contributed by atoms with Crippen molar-refractivity contribution < 1.29 is 4.79 Å². The highest BCUT2D eigenvalue weighted by atomic mass is 32.1. The first-order valence-electron chi connectivity index (χ1n) is 5.25. The predicted octanol–water partition coefficient (Wildman–Crippen LogP) is 1.95. The Morgan fingerprint density at radius 1 is 1.67 bits per heavy atom. The molecule has 84 valence electrons. The molecule has 1 rings (SSSR count). The van der Waals surface area contributed by atoms with E-state index in [9.17, 15) is 4.79 Å². The average Bonchev–Trinajstić information content (AvgIpc) is 2.70. The van der Waals surface area contributed by atoms with E-state index < -0.39 is 0 Å². The molecule has 1 aromatic rings. The van der Waals surface area contributed by atoms with Gasteiger partial charge in [0.25, 0.3) is 0 Å². The zero-order valence-corrected chi connectivity index (χ0v) is 10.0. The first-order chi connectivity index (χ1) is 7.24. The van der Waals surface area contributed by atoms with Crippen LogP contribution in [0.25, 0.3) is 0 Å². The summed E-state index contributed by atoms with van der Waals surface area (Å²) in [6.45, 7) is 4.45.